The van der Waals surface area contributed by atoms with Crippen LogP contribution >= 0.6 is 12.6 Å². The maximum Gasteiger partial charge on any atom is 0.332 e. The molecule has 0 aliphatic rings. The molecule has 0 heterocycles. The average Bonchev–Trinajstić information content (AvgIpc) is 2.50. The van der Waals surface area contributed by atoms with Gasteiger partial charge in [-0.2, -0.15) is 12.6 Å². The van der Waals surface area contributed by atoms with Crippen LogP contribution in [-0.4, -0.2) is 25.7 Å². The quantitative estimate of drug-likeness (QED) is 0.189. The second-order valence-electron chi connectivity index (χ2n) is 6.74. The van der Waals surface area contributed by atoms with Crippen LogP contribution in [0.15, 0.2) is 0 Å². The Morgan fingerprint density at radius 1 is 0.773 bits per heavy atom. The van der Waals surface area contributed by atoms with Crippen LogP contribution in [0.5, 0.6) is 0 Å². The van der Waals surface area contributed by atoms with Crippen LogP contribution in [0.3, 0.4) is 0 Å². The Kier molecular flexibility index (Phi) is 16.7. The molecular weight excluding hydrogens is 308 g/mol. The Morgan fingerprint density at radius 2 is 1.23 bits per heavy atom. The minimum atomic E-state index is -2.37. The van der Waals surface area contributed by atoms with Gasteiger partial charge in [0.05, 0.1) is 0 Å². The summed E-state index contributed by atoms with van der Waals surface area (Å²) < 4.78 is 5.68. The van der Waals surface area contributed by atoms with E-state index >= 15 is 0 Å². The van der Waals surface area contributed by atoms with Crippen LogP contribution in [0, 0.1) is 0 Å². The number of thiol groups is 1. The van der Waals surface area contributed by atoms with Crippen LogP contribution in [-0.2, 0) is 4.43 Å². The highest BCUT2D eigenvalue weighted by atomic mass is 32.1. The normalized spacial score (nSPS) is 14.2. The smallest absolute Gasteiger partial charge is 0.332 e. The van der Waals surface area contributed by atoms with Crippen molar-refractivity contribution >= 4 is 21.2 Å². The van der Waals surface area contributed by atoms with Crippen LogP contribution in [0.25, 0.3) is 0 Å². The van der Waals surface area contributed by atoms with E-state index in [1.165, 1.54) is 70.6 Å². The van der Waals surface area contributed by atoms with Crippen molar-refractivity contribution in [3.63, 3.8) is 0 Å². The molecule has 0 bridgehead atoms. The van der Waals surface area contributed by atoms with Gasteiger partial charge in [-0.25, -0.2) is 0 Å². The van der Waals surface area contributed by atoms with Crippen molar-refractivity contribution in [1.29, 1.82) is 0 Å². The lowest BCUT2D eigenvalue weighted by atomic mass is 10.1. The monoisotopic (exact) mass is 348 g/mol. The van der Waals surface area contributed by atoms with E-state index in [1.807, 2.05) is 6.55 Å². The first-order valence-corrected chi connectivity index (χ1v) is 12.8. The molecule has 0 saturated carbocycles. The van der Waals surface area contributed by atoms with Gasteiger partial charge < -0.3 is 9.22 Å². The van der Waals surface area contributed by atoms with Crippen molar-refractivity contribution in [2.24, 2.45) is 0 Å². The Hall–Kier alpha value is 0.487. The lowest BCUT2D eigenvalue weighted by molar-refractivity contribution is 0.227. The van der Waals surface area contributed by atoms with E-state index < -0.39 is 8.56 Å². The fraction of sp³-hybridized carbons (Fsp3) is 1.00. The van der Waals surface area contributed by atoms with Crippen LogP contribution in [0.2, 0.25) is 12.6 Å². The Labute approximate surface area is 146 Å². The fourth-order valence-electron chi connectivity index (χ4n) is 2.71. The molecule has 0 aliphatic carbocycles. The summed E-state index contributed by atoms with van der Waals surface area (Å²) in [4.78, 5) is 10.1. The molecule has 0 aromatic carbocycles. The SMILES string of the molecule is CCCCCCCCCCCCCCO[Si](C)(O)CCCS. The maximum atomic E-state index is 10.1. The van der Waals surface area contributed by atoms with Crippen molar-refractivity contribution < 1.29 is 9.22 Å². The van der Waals surface area contributed by atoms with Crippen molar-refractivity contribution in [3.8, 4) is 0 Å². The molecule has 0 aromatic heterocycles. The second-order valence-corrected chi connectivity index (χ2v) is 10.3. The third-order valence-corrected chi connectivity index (χ3v) is 6.63. The summed E-state index contributed by atoms with van der Waals surface area (Å²) in [6.07, 6.45) is 17.3. The van der Waals surface area contributed by atoms with Gasteiger partial charge in [0.15, 0.2) is 0 Å². The third kappa shape index (κ3) is 16.9. The van der Waals surface area contributed by atoms with Crippen LogP contribution < -0.4 is 0 Å². The molecular formula is C18H40O2SSi. The Bertz CT molecular complexity index is 225. The predicted octanol–water partition coefficient (Wildman–Crippen LogP) is 6.09. The van der Waals surface area contributed by atoms with Crippen molar-refractivity contribution in [3.05, 3.63) is 0 Å². The minimum absolute atomic E-state index is 0.739. The molecule has 2 nitrogen and oxygen atoms in total. The van der Waals surface area contributed by atoms with E-state index in [0.717, 1.165) is 31.2 Å². The number of rotatable bonds is 17. The molecule has 0 fully saturated rings. The summed E-state index contributed by atoms with van der Waals surface area (Å²) in [5.74, 6) is 0.838. The second kappa shape index (κ2) is 16.3. The first-order chi connectivity index (χ1) is 10.6. The molecule has 22 heavy (non-hydrogen) atoms. The summed E-state index contributed by atoms with van der Waals surface area (Å²) >= 11 is 4.18. The zero-order valence-electron chi connectivity index (χ0n) is 15.1. The van der Waals surface area contributed by atoms with Gasteiger partial charge in [0.2, 0.25) is 0 Å². The van der Waals surface area contributed by atoms with Gasteiger partial charge >= 0.3 is 8.56 Å². The molecule has 1 N–H and O–H groups in total. The fourth-order valence-corrected chi connectivity index (χ4v) is 4.73. The summed E-state index contributed by atoms with van der Waals surface area (Å²) in [5.41, 5.74) is 0. The van der Waals surface area contributed by atoms with E-state index in [2.05, 4.69) is 19.6 Å². The van der Waals surface area contributed by atoms with Gasteiger partial charge in [-0.05, 0) is 31.2 Å². The van der Waals surface area contributed by atoms with E-state index in [9.17, 15) is 4.80 Å². The van der Waals surface area contributed by atoms with E-state index in [0.29, 0.717) is 0 Å². The van der Waals surface area contributed by atoms with Crippen molar-refractivity contribution in [2.75, 3.05) is 12.4 Å². The third-order valence-electron chi connectivity index (χ3n) is 4.21. The lowest BCUT2D eigenvalue weighted by Gasteiger charge is -2.19. The van der Waals surface area contributed by atoms with E-state index in [1.54, 1.807) is 0 Å². The highest BCUT2D eigenvalue weighted by Crippen LogP contribution is 2.14. The predicted molar refractivity (Wildman–Crippen MR) is 104 cm³/mol. The number of hydrogen-bond acceptors (Lipinski definition) is 3. The Morgan fingerprint density at radius 3 is 1.68 bits per heavy atom. The highest BCUT2D eigenvalue weighted by Gasteiger charge is 2.25. The number of hydrogen-bond donors (Lipinski definition) is 2. The summed E-state index contributed by atoms with van der Waals surface area (Å²) in [6.45, 7) is 4.91. The summed E-state index contributed by atoms with van der Waals surface area (Å²) in [7, 11) is -2.37. The van der Waals surface area contributed by atoms with Crippen LogP contribution in [0.1, 0.15) is 90.4 Å². The van der Waals surface area contributed by atoms with Gasteiger partial charge in [-0.1, -0.05) is 77.6 Å². The number of unbranched alkanes of at least 4 members (excludes halogenated alkanes) is 11. The molecule has 1 atom stereocenters. The van der Waals surface area contributed by atoms with Gasteiger partial charge in [-0.15, -0.1) is 0 Å². The zero-order chi connectivity index (χ0) is 16.5. The molecule has 0 saturated heterocycles. The first kappa shape index (κ1) is 22.5. The molecule has 4 heteroatoms. The van der Waals surface area contributed by atoms with Gasteiger partial charge in [0.1, 0.15) is 0 Å². The summed E-state index contributed by atoms with van der Waals surface area (Å²) in [5, 5.41) is 0. The molecule has 0 spiro atoms. The zero-order valence-corrected chi connectivity index (χ0v) is 17.0. The standard InChI is InChI=1S/C18H40O2SSi/c1-3-4-5-6-7-8-9-10-11-12-13-14-16-20-22(2,19)18-15-17-21/h19,21H,3-18H2,1-2H3. The maximum absolute atomic E-state index is 10.1. The van der Waals surface area contributed by atoms with Crippen molar-refractivity contribution in [1.82, 2.24) is 0 Å². The molecule has 0 aliphatic heterocycles. The molecule has 0 amide bonds. The first-order valence-electron chi connectivity index (χ1n) is 9.59. The lowest BCUT2D eigenvalue weighted by Crippen LogP contribution is -2.34. The molecule has 0 radical (unpaired) electrons. The molecule has 1 unspecified atom stereocenters. The average molecular weight is 349 g/mol. The molecule has 0 aromatic rings. The topological polar surface area (TPSA) is 29.5 Å². The van der Waals surface area contributed by atoms with E-state index in [-0.39, 0.29) is 0 Å². The van der Waals surface area contributed by atoms with E-state index in [4.69, 9.17) is 4.43 Å². The van der Waals surface area contributed by atoms with Crippen molar-refractivity contribution in [2.45, 2.75) is 103 Å². The molecule has 134 valence electrons. The largest absolute Gasteiger partial charge is 0.411 e. The summed E-state index contributed by atoms with van der Waals surface area (Å²) in [6, 6.07) is 0.814. The van der Waals surface area contributed by atoms with Gasteiger partial charge in [0.25, 0.3) is 0 Å². The van der Waals surface area contributed by atoms with Gasteiger partial charge in [0, 0.05) is 6.61 Å². The van der Waals surface area contributed by atoms with Gasteiger partial charge in [-0.3, -0.25) is 0 Å². The Balaban J connectivity index is 3.17. The molecule has 0 rings (SSSR count). The minimum Gasteiger partial charge on any atom is -0.411 e. The van der Waals surface area contributed by atoms with Crippen LogP contribution in [0.4, 0.5) is 0 Å². The highest BCUT2D eigenvalue weighted by molar-refractivity contribution is 7.80.